The normalized spacial score (nSPS) is 11.0. The fourth-order valence-corrected chi connectivity index (χ4v) is 2.61. The van der Waals surface area contributed by atoms with Crippen molar-refractivity contribution in [3.05, 3.63) is 53.6 Å². The predicted molar refractivity (Wildman–Crippen MR) is 92.3 cm³/mol. The first-order chi connectivity index (χ1) is 11.2. The van der Waals surface area contributed by atoms with Crippen LogP contribution < -0.4 is 11.1 Å². The van der Waals surface area contributed by atoms with E-state index < -0.39 is 5.91 Å². The zero-order valence-electron chi connectivity index (χ0n) is 13.1. The van der Waals surface area contributed by atoms with Gasteiger partial charge in [-0.25, -0.2) is 4.98 Å². The number of aromatic amines is 1. The van der Waals surface area contributed by atoms with Gasteiger partial charge in [0.25, 0.3) is 5.91 Å². The lowest BCUT2D eigenvalue weighted by atomic mass is 10.1. The number of aromatic nitrogens is 2. The largest absolute Gasteiger partial charge is 0.366 e. The fraction of sp³-hybridized carbons (Fsp3) is 0.222. The van der Waals surface area contributed by atoms with Gasteiger partial charge in [-0.15, -0.1) is 0 Å². The van der Waals surface area contributed by atoms with Crippen LogP contribution in [0, 0.1) is 0 Å². The number of hydrogen-bond acceptors (Lipinski definition) is 3. The van der Waals surface area contributed by atoms with Crippen LogP contribution in [0.3, 0.4) is 0 Å². The maximum atomic E-state index is 11.5. The summed E-state index contributed by atoms with van der Waals surface area (Å²) in [5, 5.41) is 3.32. The van der Waals surface area contributed by atoms with E-state index in [1.807, 2.05) is 18.2 Å². The SMILES string of the molecule is CCNCCc1ccc(-c2nc3c(C(N)=O)cccc3[nH]2)cc1. The number of hydrogen-bond donors (Lipinski definition) is 3. The van der Waals surface area contributed by atoms with Crippen LogP contribution >= 0.6 is 0 Å². The molecule has 118 valence electrons. The summed E-state index contributed by atoms with van der Waals surface area (Å²) in [7, 11) is 0. The number of amides is 1. The molecule has 1 amide bonds. The summed E-state index contributed by atoms with van der Waals surface area (Å²) < 4.78 is 0. The quantitative estimate of drug-likeness (QED) is 0.612. The van der Waals surface area contributed by atoms with Gasteiger partial charge in [-0.05, 0) is 37.2 Å². The zero-order valence-corrected chi connectivity index (χ0v) is 13.1. The number of carbonyl (C=O) groups is 1. The molecule has 0 spiro atoms. The number of nitrogens with zero attached hydrogens (tertiary/aromatic N) is 1. The third kappa shape index (κ3) is 3.24. The maximum Gasteiger partial charge on any atom is 0.250 e. The van der Waals surface area contributed by atoms with Gasteiger partial charge < -0.3 is 16.0 Å². The smallest absolute Gasteiger partial charge is 0.250 e. The molecule has 0 aliphatic heterocycles. The second kappa shape index (κ2) is 6.62. The van der Waals surface area contributed by atoms with Crippen LogP contribution in [0.2, 0.25) is 0 Å². The molecule has 0 bridgehead atoms. The summed E-state index contributed by atoms with van der Waals surface area (Å²) >= 11 is 0. The van der Waals surface area contributed by atoms with Gasteiger partial charge in [-0.1, -0.05) is 37.3 Å². The minimum absolute atomic E-state index is 0.437. The topological polar surface area (TPSA) is 83.8 Å². The molecule has 0 aliphatic carbocycles. The molecule has 23 heavy (non-hydrogen) atoms. The van der Waals surface area contributed by atoms with Gasteiger partial charge in [0.05, 0.1) is 11.1 Å². The van der Waals surface area contributed by atoms with E-state index in [2.05, 4.69) is 34.3 Å². The van der Waals surface area contributed by atoms with Crippen molar-refractivity contribution in [1.29, 1.82) is 0 Å². The first-order valence-corrected chi connectivity index (χ1v) is 7.77. The molecule has 1 heterocycles. The molecule has 3 aromatic rings. The van der Waals surface area contributed by atoms with Gasteiger partial charge >= 0.3 is 0 Å². The monoisotopic (exact) mass is 308 g/mol. The summed E-state index contributed by atoms with van der Waals surface area (Å²) in [6, 6.07) is 13.7. The molecule has 0 saturated heterocycles. The van der Waals surface area contributed by atoms with Crippen molar-refractivity contribution in [2.24, 2.45) is 5.73 Å². The van der Waals surface area contributed by atoms with E-state index >= 15 is 0 Å². The van der Waals surface area contributed by atoms with Crippen LogP contribution in [0.15, 0.2) is 42.5 Å². The lowest BCUT2D eigenvalue weighted by Crippen LogP contribution is -2.15. The Kier molecular flexibility index (Phi) is 4.39. The third-order valence-electron chi connectivity index (χ3n) is 3.85. The van der Waals surface area contributed by atoms with Crippen LogP contribution in [0.25, 0.3) is 22.4 Å². The first kappa shape index (κ1) is 15.2. The van der Waals surface area contributed by atoms with E-state index in [4.69, 9.17) is 5.73 Å². The molecule has 5 heteroatoms. The number of nitrogens with one attached hydrogen (secondary N) is 2. The van der Waals surface area contributed by atoms with E-state index in [9.17, 15) is 4.79 Å². The average molecular weight is 308 g/mol. The number of fused-ring (bicyclic) bond motifs is 1. The van der Waals surface area contributed by atoms with Crippen molar-refractivity contribution in [3.8, 4) is 11.4 Å². The second-order valence-electron chi connectivity index (χ2n) is 5.45. The summed E-state index contributed by atoms with van der Waals surface area (Å²) in [5.74, 6) is 0.277. The maximum absolute atomic E-state index is 11.5. The van der Waals surface area contributed by atoms with Crippen molar-refractivity contribution in [2.75, 3.05) is 13.1 Å². The predicted octanol–water partition coefficient (Wildman–Crippen LogP) is 2.48. The molecule has 5 nitrogen and oxygen atoms in total. The van der Waals surface area contributed by atoms with Gasteiger partial charge in [-0.2, -0.15) is 0 Å². The lowest BCUT2D eigenvalue weighted by molar-refractivity contribution is 0.100. The van der Waals surface area contributed by atoms with Crippen molar-refractivity contribution < 1.29 is 4.79 Å². The number of para-hydroxylation sites is 1. The molecule has 0 radical (unpaired) electrons. The fourth-order valence-electron chi connectivity index (χ4n) is 2.61. The number of primary amides is 1. The highest BCUT2D eigenvalue weighted by atomic mass is 16.1. The third-order valence-corrected chi connectivity index (χ3v) is 3.85. The Morgan fingerprint density at radius 3 is 2.70 bits per heavy atom. The zero-order chi connectivity index (χ0) is 16.2. The Hall–Kier alpha value is -2.66. The first-order valence-electron chi connectivity index (χ1n) is 7.77. The van der Waals surface area contributed by atoms with Gasteiger partial charge in [-0.3, -0.25) is 4.79 Å². The molecule has 0 aliphatic rings. The molecular weight excluding hydrogens is 288 g/mol. The Balaban J connectivity index is 1.88. The highest BCUT2D eigenvalue weighted by molar-refractivity contribution is 6.04. The summed E-state index contributed by atoms with van der Waals surface area (Å²) in [6.45, 7) is 4.06. The molecule has 0 atom stereocenters. The van der Waals surface area contributed by atoms with Crippen LogP contribution in [-0.4, -0.2) is 29.0 Å². The van der Waals surface area contributed by atoms with Gasteiger partial charge in [0, 0.05) is 5.56 Å². The number of H-pyrrole nitrogens is 1. The van der Waals surface area contributed by atoms with E-state index in [0.717, 1.165) is 36.4 Å². The molecule has 3 rings (SSSR count). The Morgan fingerprint density at radius 1 is 1.22 bits per heavy atom. The lowest BCUT2D eigenvalue weighted by Gasteiger charge is -2.03. The Morgan fingerprint density at radius 2 is 2.00 bits per heavy atom. The van der Waals surface area contributed by atoms with Crippen molar-refractivity contribution in [2.45, 2.75) is 13.3 Å². The van der Waals surface area contributed by atoms with E-state index in [1.54, 1.807) is 12.1 Å². The Labute approximate surface area is 134 Å². The number of carbonyl (C=O) groups excluding carboxylic acids is 1. The second-order valence-corrected chi connectivity index (χ2v) is 5.45. The molecule has 0 saturated carbocycles. The van der Waals surface area contributed by atoms with Crippen LogP contribution in [0.1, 0.15) is 22.8 Å². The van der Waals surface area contributed by atoms with E-state index in [-0.39, 0.29) is 0 Å². The standard InChI is InChI=1S/C18H20N4O/c1-2-20-11-10-12-6-8-13(9-7-12)18-21-15-5-3-4-14(17(19)23)16(15)22-18/h3-9,20H,2,10-11H2,1H3,(H2,19,23)(H,21,22). The van der Waals surface area contributed by atoms with Gasteiger partial charge in [0.1, 0.15) is 11.3 Å². The van der Waals surface area contributed by atoms with E-state index in [0.29, 0.717) is 11.1 Å². The number of benzene rings is 2. The van der Waals surface area contributed by atoms with Crippen LogP contribution in [0.4, 0.5) is 0 Å². The average Bonchev–Trinajstić information content (AvgIpc) is 2.99. The van der Waals surface area contributed by atoms with E-state index in [1.165, 1.54) is 5.56 Å². The summed E-state index contributed by atoms with van der Waals surface area (Å²) in [5.41, 5.74) is 9.54. The van der Waals surface area contributed by atoms with Crippen molar-refractivity contribution >= 4 is 16.9 Å². The number of rotatable bonds is 6. The number of likely N-dealkylation sites (N-methyl/N-ethyl adjacent to an activating group) is 1. The van der Waals surface area contributed by atoms with Crippen LogP contribution in [0.5, 0.6) is 0 Å². The highest BCUT2D eigenvalue weighted by Crippen LogP contribution is 2.23. The van der Waals surface area contributed by atoms with Gasteiger partial charge in [0.2, 0.25) is 0 Å². The molecule has 0 fully saturated rings. The molecule has 0 unspecified atom stereocenters. The van der Waals surface area contributed by atoms with Crippen LogP contribution in [-0.2, 0) is 6.42 Å². The Bertz CT molecular complexity index is 821. The molecular formula is C18H20N4O. The molecule has 1 aromatic heterocycles. The molecule has 4 N–H and O–H groups in total. The highest BCUT2D eigenvalue weighted by Gasteiger charge is 2.11. The minimum atomic E-state index is -0.465. The molecule has 2 aromatic carbocycles. The van der Waals surface area contributed by atoms with Crippen molar-refractivity contribution in [3.63, 3.8) is 0 Å². The number of imidazole rings is 1. The van der Waals surface area contributed by atoms with Gasteiger partial charge in [0.15, 0.2) is 0 Å². The number of nitrogens with two attached hydrogens (primary N) is 1. The summed E-state index contributed by atoms with van der Waals surface area (Å²) in [6.07, 6.45) is 1.00. The minimum Gasteiger partial charge on any atom is -0.366 e. The summed E-state index contributed by atoms with van der Waals surface area (Å²) in [4.78, 5) is 19.3. The van der Waals surface area contributed by atoms with Crippen molar-refractivity contribution in [1.82, 2.24) is 15.3 Å².